The van der Waals surface area contributed by atoms with Crippen molar-refractivity contribution in [1.82, 2.24) is 30.1 Å². The molecule has 5 aromatic heterocycles. The molecular weight excluding hydrogens is 502 g/mol. The number of nitrogens with zero attached hydrogens (tertiary/aromatic N) is 4. The predicted molar refractivity (Wildman–Crippen MR) is 164 cm³/mol. The Morgan fingerprint density at radius 2 is 2.00 bits per heavy atom. The summed E-state index contributed by atoms with van der Waals surface area (Å²) in [6, 6.07) is 8.24. The van der Waals surface area contributed by atoms with Crippen molar-refractivity contribution in [3.05, 3.63) is 89.3 Å². The Morgan fingerprint density at radius 3 is 2.74 bits per heavy atom. The Labute approximate surface area is 231 Å². The summed E-state index contributed by atoms with van der Waals surface area (Å²) in [7, 11) is 0. The van der Waals surface area contributed by atoms with Crippen LogP contribution >= 0.6 is 11.3 Å². The number of aromatic amines is 2. The Hall–Kier alpha value is -4.56. The molecule has 0 unspecified atom stereocenters. The third-order valence-electron chi connectivity index (χ3n) is 6.33. The number of rotatable bonds is 9. The summed E-state index contributed by atoms with van der Waals surface area (Å²) in [6.45, 7) is 18.6. The molecule has 0 aliphatic rings. The lowest BCUT2D eigenvalue weighted by molar-refractivity contribution is 0.913. The number of anilines is 1. The van der Waals surface area contributed by atoms with Gasteiger partial charge in [-0.3, -0.25) is 10.1 Å². The summed E-state index contributed by atoms with van der Waals surface area (Å²) in [4.78, 5) is 19.5. The van der Waals surface area contributed by atoms with Crippen LogP contribution in [-0.4, -0.2) is 30.1 Å². The molecule has 0 fully saturated rings. The first-order chi connectivity index (χ1) is 18.9. The van der Waals surface area contributed by atoms with E-state index in [4.69, 9.17) is 4.98 Å². The van der Waals surface area contributed by atoms with Crippen molar-refractivity contribution in [1.29, 1.82) is 0 Å². The predicted octanol–water partition coefficient (Wildman–Crippen LogP) is 6.52. The average Bonchev–Trinajstić information content (AvgIpc) is 3.66. The zero-order valence-electron chi connectivity index (χ0n) is 22.4. The number of pyridine rings is 2. The molecule has 196 valence electrons. The van der Waals surface area contributed by atoms with Gasteiger partial charge in [0.25, 0.3) is 0 Å². The van der Waals surface area contributed by atoms with Crippen molar-refractivity contribution in [2.75, 3.05) is 5.32 Å². The molecule has 8 heteroatoms. The molecule has 0 bridgehead atoms. The number of fused-ring (bicyclic) bond motifs is 1. The van der Waals surface area contributed by atoms with Crippen molar-refractivity contribution in [3.63, 3.8) is 0 Å². The number of thiophene rings is 1. The van der Waals surface area contributed by atoms with Gasteiger partial charge in [-0.05, 0) is 61.8 Å². The Kier molecular flexibility index (Phi) is 7.38. The molecule has 5 rings (SSSR count). The first-order valence-electron chi connectivity index (χ1n) is 12.8. The van der Waals surface area contributed by atoms with Crippen LogP contribution in [0.15, 0.2) is 68.3 Å². The Balaban J connectivity index is 1.55. The first-order valence-corrected chi connectivity index (χ1v) is 13.6. The van der Waals surface area contributed by atoms with Crippen LogP contribution in [-0.2, 0) is 0 Å². The van der Waals surface area contributed by atoms with Crippen LogP contribution in [0, 0.1) is 0 Å². The molecule has 3 N–H and O–H groups in total. The number of allylic oxidation sites excluding steroid dienone is 3. The van der Waals surface area contributed by atoms with Gasteiger partial charge in [-0.25, -0.2) is 9.97 Å². The molecule has 7 nitrogen and oxygen atoms in total. The van der Waals surface area contributed by atoms with Gasteiger partial charge < -0.3 is 10.3 Å². The molecule has 0 aliphatic carbocycles. The highest BCUT2D eigenvalue weighted by atomic mass is 32.1. The van der Waals surface area contributed by atoms with Crippen molar-refractivity contribution >= 4 is 51.5 Å². The fraction of sp³-hybridized carbons (Fsp3) is 0.161. The lowest BCUT2D eigenvalue weighted by Crippen LogP contribution is -2.23. The van der Waals surface area contributed by atoms with Crippen LogP contribution in [0.3, 0.4) is 0 Å². The van der Waals surface area contributed by atoms with Gasteiger partial charge in [-0.1, -0.05) is 39.2 Å². The van der Waals surface area contributed by atoms with E-state index in [2.05, 4.69) is 69.3 Å². The molecule has 0 radical (unpaired) electrons. The Morgan fingerprint density at radius 1 is 1.15 bits per heavy atom. The summed E-state index contributed by atoms with van der Waals surface area (Å²) in [5.74, 6) is 0.634. The van der Waals surface area contributed by atoms with E-state index in [1.54, 1.807) is 29.9 Å². The SMILES string of the molecule is C=C(CCC)Nc1cncc(C(=C)/C=c2/c(-c3nc4nccc(-c5ccc(C(=C)C)s5)c4[nH]3)n[nH]/c2=C/C)c1. The van der Waals surface area contributed by atoms with E-state index in [9.17, 15) is 0 Å². The summed E-state index contributed by atoms with van der Waals surface area (Å²) in [5, 5.41) is 12.8. The highest BCUT2D eigenvalue weighted by Crippen LogP contribution is 2.34. The van der Waals surface area contributed by atoms with Crippen LogP contribution < -0.4 is 15.9 Å². The highest BCUT2D eigenvalue weighted by molar-refractivity contribution is 7.16. The molecular formula is C31H31N7S. The molecule has 5 heterocycles. The second-order valence-electron chi connectivity index (χ2n) is 9.39. The van der Waals surface area contributed by atoms with Gasteiger partial charge in [0.05, 0.1) is 22.8 Å². The van der Waals surface area contributed by atoms with E-state index in [0.717, 1.165) is 72.3 Å². The van der Waals surface area contributed by atoms with Crippen LogP contribution in [0.2, 0.25) is 0 Å². The quantitative estimate of drug-likeness (QED) is 0.200. The molecule has 0 aliphatic heterocycles. The second kappa shape index (κ2) is 11.0. The Bertz CT molecular complexity index is 1830. The zero-order chi connectivity index (χ0) is 27.5. The molecule has 0 spiro atoms. The minimum atomic E-state index is 0.634. The highest BCUT2D eigenvalue weighted by Gasteiger charge is 2.16. The van der Waals surface area contributed by atoms with Gasteiger partial charge in [0, 0.05) is 44.2 Å². The summed E-state index contributed by atoms with van der Waals surface area (Å²) >= 11 is 1.70. The smallest absolute Gasteiger partial charge is 0.178 e. The number of hydrogen-bond donors (Lipinski definition) is 3. The van der Waals surface area contributed by atoms with Crippen molar-refractivity contribution in [2.45, 2.75) is 33.6 Å². The second-order valence-corrected chi connectivity index (χ2v) is 10.5. The number of H-pyrrole nitrogens is 2. The summed E-state index contributed by atoms with van der Waals surface area (Å²) < 4.78 is 0. The van der Waals surface area contributed by atoms with Gasteiger partial charge in [0.2, 0.25) is 0 Å². The third kappa shape index (κ3) is 5.37. The van der Waals surface area contributed by atoms with Crippen molar-refractivity contribution < 1.29 is 0 Å². The third-order valence-corrected chi connectivity index (χ3v) is 7.61. The van der Waals surface area contributed by atoms with E-state index in [1.165, 1.54) is 0 Å². The molecule has 0 atom stereocenters. The van der Waals surface area contributed by atoms with Crippen LogP contribution in [0.4, 0.5) is 5.69 Å². The maximum Gasteiger partial charge on any atom is 0.178 e. The van der Waals surface area contributed by atoms with E-state index in [-0.39, 0.29) is 0 Å². The molecule has 0 aromatic carbocycles. The van der Waals surface area contributed by atoms with Crippen molar-refractivity contribution in [3.8, 4) is 22.0 Å². The van der Waals surface area contributed by atoms with Gasteiger partial charge in [-0.2, -0.15) is 5.10 Å². The van der Waals surface area contributed by atoms with Gasteiger partial charge in [0.15, 0.2) is 11.5 Å². The van der Waals surface area contributed by atoms with Gasteiger partial charge >= 0.3 is 0 Å². The van der Waals surface area contributed by atoms with Crippen LogP contribution in [0.5, 0.6) is 0 Å². The summed E-state index contributed by atoms with van der Waals surface area (Å²) in [5.41, 5.74) is 7.84. The topological polar surface area (TPSA) is 95.2 Å². The minimum absolute atomic E-state index is 0.634. The molecule has 39 heavy (non-hydrogen) atoms. The largest absolute Gasteiger partial charge is 0.358 e. The van der Waals surface area contributed by atoms with Gasteiger partial charge in [0.1, 0.15) is 5.69 Å². The number of nitrogens with one attached hydrogen (secondary N) is 3. The van der Waals surface area contributed by atoms with E-state index in [1.807, 2.05) is 38.1 Å². The molecule has 0 saturated heterocycles. The fourth-order valence-electron chi connectivity index (χ4n) is 4.36. The molecule has 0 amide bonds. The number of hydrogen-bond acceptors (Lipinski definition) is 6. The first kappa shape index (κ1) is 26.1. The van der Waals surface area contributed by atoms with E-state index < -0.39 is 0 Å². The minimum Gasteiger partial charge on any atom is -0.358 e. The molecule has 5 aromatic rings. The van der Waals surface area contributed by atoms with Crippen molar-refractivity contribution in [2.24, 2.45) is 0 Å². The lowest BCUT2D eigenvalue weighted by atomic mass is 10.1. The van der Waals surface area contributed by atoms with Crippen LogP contribution in [0.25, 0.3) is 56.4 Å². The van der Waals surface area contributed by atoms with Gasteiger partial charge in [-0.15, -0.1) is 11.3 Å². The zero-order valence-corrected chi connectivity index (χ0v) is 23.2. The molecule has 0 saturated carbocycles. The maximum atomic E-state index is 4.81. The van der Waals surface area contributed by atoms with E-state index >= 15 is 0 Å². The normalized spacial score (nSPS) is 12.3. The average molecular weight is 534 g/mol. The monoisotopic (exact) mass is 533 g/mol. The maximum absolute atomic E-state index is 4.81. The van der Waals surface area contributed by atoms with E-state index in [0.29, 0.717) is 17.2 Å². The summed E-state index contributed by atoms with van der Waals surface area (Å²) in [6.07, 6.45) is 11.3. The number of imidazole rings is 1. The lowest BCUT2D eigenvalue weighted by Gasteiger charge is -2.09. The standard InChI is InChI=1S/C31H31N7S/c1-7-9-20(6)34-22-15-21(16-32-17-22)19(5)14-24-25(8-2)37-38-29(24)31-35-28-23(12-13-33-30(28)36-31)27-11-10-26(39-27)18(3)4/h8,10-17,34,37H,3,5-7,9H2,1-2,4H3,(H,33,35,36)/b24-14+,25-8+. The van der Waals surface area contributed by atoms with Crippen LogP contribution in [0.1, 0.15) is 44.1 Å². The fourth-order valence-corrected chi connectivity index (χ4v) is 5.32. The number of aromatic nitrogens is 6.